The number of rotatable bonds is 0. The van der Waals surface area contributed by atoms with Crippen molar-refractivity contribution >= 4 is 21.7 Å². The summed E-state index contributed by atoms with van der Waals surface area (Å²) in [7, 11) is 0. The van der Waals surface area contributed by atoms with Gasteiger partial charge in [0.1, 0.15) is 0 Å². The number of fused-ring (bicyclic) bond motifs is 3. The molecule has 3 aromatic rings. The van der Waals surface area contributed by atoms with Crippen molar-refractivity contribution in [2.45, 2.75) is 0 Å². The molecule has 0 atom stereocenters. The monoisotopic (exact) mass is 181 g/mol. The molecule has 0 N–H and O–H groups in total. The molecule has 0 aliphatic carbocycles. The van der Waals surface area contributed by atoms with Gasteiger partial charge in [-0.3, -0.25) is 0 Å². The Hall–Kier alpha value is -1.89. The second-order valence-corrected chi connectivity index (χ2v) is 3.32. The number of para-hydroxylation sites is 1. The molecule has 0 unspecified atom stereocenters. The zero-order chi connectivity index (χ0) is 9.38. The van der Waals surface area contributed by atoms with E-state index < -0.39 is 0 Å². The molecule has 1 heteroatoms. The van der Waals surface area contributed by atoms with Crippen LogP contribution in [-0.2, 0) is 0 Å². The van der Waals surface area contributed by atoms with Crippen molar-refractivity contribution < 1.29 is 4.42 Å². The quantitative estimate of drug-likeness (QED) is 0.378. The first-order chi connectivity index (χ1) is 6.95. The van der Waals surface area contributed by atoms with Gasteiger partial charge in [-0.05, 0) is 12.1 Å². The van der Waals surface area contributed by atoms with Crippen molar-refractivity contribution in [3.63, 3.8) is 0 Å². The average molecular weight is 181 g/mol. The molecule has 1 aromatic heterocycles. The molecule has 1 heterocycles. The molecule has 2 aromatic carbocycles. The molecule has 0 fully saturated rings. The van der Waals surface area contributed by atoms with Crippen LogP contribution >= 0.6 is 0 Å². The molecule has 0 radical (unpaired) electrons. The van der Waals surface area contributed by atoms with E-state index >= 15 is 0 Å². The first kappa shape index (κ1) is 7.51. The highest BCUT2D eigenvalue weighted by Crippen LogP contribution is 2.24. The molecule has 14 heavy (non-hydrogen) atoms. The van der Waals surface area contributed by atoms with Gasteiger partial charge in [0.2, 0.25) is 0 Å². The lowest BCUT2D eigenvalue weighted by atomic mass is 10.1. The van der Waals surface area contributed by atoms with E-state index in [9.17, 15) is 0 Å². The Labute approximate surface area is 81.6 Å². The fraction of sp³-hybridized carbons (Fsp3) is 0. The highest BCUT2D eigenvalue weighted by atomic mass is 16.3. The molecule has 66 valence electrons. The summed E-state index contributed by atoms with van der Waals surface area (Å²) in [6.07, 6.45) is 1.80. The molecule has 0 aliphatic heterocycles. The van der Waals surface area contributed by atoms with E-state index in [4.69, 9.17) is 4.42 Å². The van der Waals surface area contributed by atoms with E-state index in [1.807, 2.05) is 24.3 Å². The Balaban J connectivity index is 2.61. The van der Waals surface area contributed by atoms with Crippen LogP contribution in [0.25, 0.3) is 21.7 Å². The fourth-order valence-corrected chi connectivity index (χ4v) is 1.76. The Morgan fingerprint density at radius 1 is 0.714 bits per heavy atom. The normalized spacial score (nSPS) is 10.9. The minimum absolute atomic E-state index is 0.936. The van der Waals surface area contributed by atoms with Crippen LogP contribution in [-0.4, -0.2) is 0 Å². The van der Waals surface area contributed by atoms with Crippen LogP contribution in [0.5, 0.6) is 0 Å². The number of benzene rings is 2. The smallest absolute Gasteiger partial charge is 0.215 e. The van der Waals surface area contributed by atoms with Crippen molar-refractivity contribution in [2.24, 2.45) is 0 Å². The fourth-order valence-electron chi connectivity index (χ4n) is 1.76. The van der Waals surface area contributed by atoms with Crippen LogP contribution in [0.4, 0.5) is 0 Å². The zero-order valence-corrected chi connectivity index (χ0v) is 7.60. The minimum Gasteiger partial charge on any atom is -0.215 e. The van der Waals surface area contributed by atoms with E-state index in [0.29, 0.717) is 0 Å². The zero-order valence-electron chi connectivity index (χ0n) is 7.60. The number of hydrogen-bond donors (Lipinski definition) is 0. The van der Waals surface area contributed by atoms with Crippen molar-refractivity contribution in [2.75, 3.05) is 0 Å². The molecule has 0 bridgehead atoms. The maximum atomic E-state index is 5.52. The van der Waals surface area contributed by atoms with Crippen LogP contribution in [0.3, 0.4) is 0 Å². The first-order valence-corrected chi connectivity index (χ1v) is 4.63. The standard InChI is InChI=1S/C13H9O/c1-2-6-11-10(5-1)9-14-13-8-4-3-7-12(11)13/h1-9H/q+1. The van der Waals surface area contributed by atoms with E-state index in [1.165, 1.54) is 10.8 Å². The Morgan fingerprint density at radius 2 is 1.43 bits per heavy atom. The Kier molecular flexibility index (Phi) is 1.51. The molecule has 3 rings (SSSR count). The highest BCUT2D eigenvalue weighted by molar-refractivity contribution is 6.04. The third-order valence-corrected chi connectivity index (χ3v) is 2.45. The third kappa shape index (κ3) is 0.990. The first-order valence-electron chi connectivity index (χ1n) is 4.63. The lowest BCUT2D eigenvalue weighted by Crippen LogP contribution is -1.75. The number of hydrogen-bond acceptors (Lipinski definition) is 0. The molecule has 0 amide bonds. The largest absolute Gasteiger partial charge is 0.360 e. The van der Waals surface area contributed by atoms with Gasteiger partial charge >= 0.3 is 11.8 Å². The van der Waals surface area contributed by atoms with Gasteiger partial charge in [-0.1, -0.05) is 30.3 Å². The van der Waals surface area contributed by atoms with Gasteiger partial charge in [0.15, 0.2) is 0 Å². The maximum absolute atomic E-state index is 5.52. The summed E-state index contributed by atoms with van der Waals surface area (Å²) < 4.78 is 5.52. The summed E-state index contributed by atoms with van der Waals surface area (Å²) in [5, 5.41) is 3.56. The topological polar surface area (TPSA) is 11.3 Å². The highest BCUT2D eigenvalue weighted by Gasteiger charge is 2.08. The Morgan fingerprint density at radius 3 is 2.36 bits per heavy atom. The second-order valence-electron chi connectivity index (χ2n) is 3.32. The van der Waals surface area contributed by atoms with Gasteiger partial charge in [-0.25, -0.2) is 4.42 Å². The van der Waals surface area contributed by atoms with E-state index in [0.717, 1.165) is 11.0 Å². The van der Waals surface area contributed by atoms with Crippen LogP contribution in [0.1, 0.15) is 0 Å². The van der Waals surface area contributed by atoms with Gasteiger partial charge in [0.05, 0.1) is 10.8 Å². The SMILES string of the molecule is c1ccc2c(c1)c[o+]c1ccccc12. The van der Waals surface area contributed by atoms with Gasteiger partial charge < -0.3 is 0 Å². The van der Waals surface area contributed by atoms with Crippen molar-refractivity contribution in [1.82, 2.24) is 0 Å². The summed E-state index contributed by atoms with van der Waals surface area (Å²) in [4.78, 5) is 0. The molecule has 0 spiro atoms. The lowest BCUT2D eigenvalue weighted by Gasteiger charge is -1.93. The van der Waals surface area contributed by atoms with Gasteiger partial charge in [0, 0.05) is 11.5 Å². The van der Waals surface area contributed by atoms with Crippen LogP contribution in [0.15, 0.2) is 59.2 Å². The molecule has 1 nitrogen and oxygen atoms in total. The second kappa shape index (κ2) is 2.81. The molecular formula is C13H9O+. The lowest BCUT2D eigenvalue weighted by molar-refractivity contribution is 0.611. The van der Waals surface area contributed by atoms with Crippen molar-refractivity contribution in [3.8, 4) is 0 Å². The summed E-state index contributed by atoms with van der Waals surface area (Å²) in [5.74, 6) is 0. The summed E-state index contributed by atoms with van der Waals surface area (Å²) in [6, 6.07) is 16.3. The average Bonchev–Trinajstić information content (AvgIpc) is 2.29. The van der Waals surface area contributed by atoms with Gasteiger partial charge in [-0.2, -0.15) is 0 Å². The summed E-state index contributed by atoms with van der Waals surface area (Å²) >= 11 is 0. The predicted molar refractivity (Wildman–Crippen MR) is 58.1 cm³/mol. The molecule has 0 saturated heterocycles. The van der Waals surface area contributed by atoms with E-state index in [1.54, 1.807) is 6.26 Å². The maximum Gasteiger partial charge on any atom is 0.360 e. The molecular weight excluding hydrogens is 172 g/mol. The third-order valence-electron chi connectivity index (χ3n) is 2.45. The van der Waals surface area contributed by atoms with Gasteiger partial charge in [0.25, 0.3) is 0 Å². The molecule has 0 saturated carbocycles. The minimum atomic E-state index is 0.936. The summed E-state index contributed by atoms with van der Waals surface area (Å²) in [5.41, 5.74) is 0.936. The van der Waals surface area contributed by atoms with E-state index in [2.05, 4.69) is 24.3 Å². The van der Waals surface area contributed by atoms with Crippen LogP contribution in [0, 0.1) is 0 Å². The van der Waals surface area contributed by atoms with E-state index in [-0.39, 0.29) is 0 Å². The molecule has 0 aliphatic rings. The van der Waals surface area contributed by atoms with Gasteiger partial charge in [-0.15, -0.1) is 0 Å². The Bertz CT molecular complexity index is 544. The predicted octanol–water partition coefficient (Wildman–Crippen LogP) is 3.87. The van der Waals surface area contributed by atoms with Crippen LogP contribution < -0.4 is 0 Å². The summed E-state index contributed by atoms with van der Waals surface area (Å²) in [6.45, 7) is 0. The van der Waals surface area contributed by atoms with Crippen molar-refractivity contribution in [3.05, 3.63) is 54.8 Å². The van der Waals surface area contributed by atoms with Crippen molar-refractivity contribution in [1.29, 1.82) is 0 Å². The van der Waals surface area contributed by atoms with Crippen LogP contribution in [0.2, 0.25) is 0 Å².